The molecule has 0 amide bonds. The zero-order valence-electron chi connectivity index (χ0n) is 7.86. The summed E-state index contributed by atoms with van der Waals surface area (Å²) in [5.41, 5.74) is 1.06. The molecular weight excluding hydrogens is 196 g/mol. The zero-order chi connectivity index (χ0) is 10.8. The highest BCUT2D eigenvalue weighted by molar-refractivity contribution is 5.97. The lowest BCUT2D eigenvalue weighted by atomic mass is 10.1. The van der Waals surface area contributed by atoms with Crippen LogP contribution in [0, 0.1) is 0 Å². The summed E-state index contributed by atoms with van der Waals surface area (Å²) < 4.78 is 9.74. The maximum Gasteiger partial charge on any atom is 0.342 e. The highest BCUT2D eigenvalue weighted by Crippen LogP contribution is 2.28. The van der Waals surface area contributed by atoms with Crippen LogP contribution in [0.25, 0.3) is 0 Å². The first-order valence-corrected chi connectivity index (χ1v) is 4.35. The van der Waals surface area contributed by atoms with Crippen molar-refractivity contribution in [2.45, 2.75) is 6.61 Å². The second-order valence-electron chi connectivity index (χ2n) is 2.99. The van der Waals surface area contributed by atoms with E-state index in [-0.39, 0.29) is 12.4 Å². The molecule has 0 bridgehead atoms. The van der Waals surface area contributed by atoms with E-state index in [0.29, 0.717) is 5.56 Å². The molecule has 0 spiro atoms. The average molecular weight is 204 g/mol. The first kappa shape index (κ1) is 9.45. The Balaban J connectivity index is 2.40. The molecule has 1 aromatic rings. The fraction of sp³-hybridized carbons (Fsp3) is 0.0909. The van der Waals surface area contributed by atoms with Gasteiger partial charge >= 0.3 is 11.9 Å². The van der Waals surface area contributed by atoms with E-state index in [1.165, 1.54) is 0 Å². The summed E-state index contributed by atoms with van der Waals surface area (Å²) in [4.78, 5) is 22.3. The van der Waals surface area contributed by atoms with Gasteiger partial charge in [-0.2, -0.15) is 0 Å². The fourth-order valence-electron chi connectivity index (χ4n) is 1.38. The second-order valence-corrected chi connectivity index (χ2v) is 2.99. The number of carbonyl (C=O) groups excluding carboxylic acids is 2. The molecule has 0 aromatic heterocycles. The summed E-state index contributed by atoms with van der Waals surface area (Å²) in [6.07, 6.45) is 1.04. The third-order valence-electron chi connectivity index (χ3n) is 2.05. The molecule has 2 rings (SSSR count). The number of hydrogen-bond donors (Lipinski definition) is 0. The lowest BCUT2D eigenvalue weighted by Crippen LogP contribution is -2.07. The molecule has 0 radical (unpaired) electrons. The van der Waals surface area contributed by atoms with Crippen LogP contribution in [0.3, 0.4) is 0 Å². The van der Waals surface area contributed by atoms with Gasteiger partial charge in [0.15, 0.2) is 0 Å². The number of hydrogen-bond acceptors (Lipinski definition) is 4. The quantitative estimate of drug-likeness (QED) is 0.415. The summed E-state index contributed by atoms with van der Waals surface area (Å²) in [5.74, 6) is -0.833. The van der Waals surface area contributed by atoms with Crippen molar-refractivity contribution in [2.75, 3.05) is 0 Å². The van der Waals surface area contributed by atoms with Crippen LogP contribution >= 0.6 is 0 Å². The number of benzene rings is 1. The minimum Gasteiger partial charge on any atom is -0.457 e. The van der Waals surface area contributed by atoms with Crippen molar-refractivity contribution < 1.29 is 19.1 Å². The van der Waals surface area contributed by atoms with Crippen molar-refractivity contribution in [3.8, 4) is 5.75 Å². The highest BCUT2D eigenvalue weighted by Gasteiger charge is 2.26. The Morgan fingerprint density at radius 3 is 3.07 bits per heavy atom. The monoisotopic (exact) mass is 204 g/mol. The predicted molar refractivity (Wildman–Crippen MR) is 51.4 cm³/mol. The van der Waals surface area contributed by atoms with Gasteiger partial charge in [-0.25, -0.2) is 9.59 Å². The van der Waals surface area contributed by atoms with Crippen molar-refractivity contribution in [1.29, 1.82) is 0 Å². The van der Waals surface area contributed by atoms with E-state index in [1.54, 1.807) is 18.2 Å². The molecule has 0 N–H and O–H groups in total. The predicted octanol–water partition coefficient (Wildman–Crippen LogP) is 1.45. The molecule has 1 aliphatic heterocycles. The highest BCUT2D eigenvalue weighted by atomic mass is 16.6. The van der Waals surface area contributed by atoms with Crippen LogP contribution in [0.5, 0.6) is 5.75 Å². The maximum absolute atomic E-state index is 11.3. The van der Waals surface area contributed by atoms with Gasteiger partial charge < -0.3 is 9.47 Å². The Bertz CT molecular complexity index is 448. The first-order valence-electron chi connectivity index (χ1n) is 4.35. The van der Waals surface area contributed by atoms with Gasteiger partial charge in [0.2, 0.25) is 0 Å². The van der Waals surface area contributed by atoms with Crippen molar-refractivity contribution >= 4 is 11.9 Å². The van der Waals surface area contributed by atoms with Crippen LogP contribution in [0.1, 0.15) is 15.9 Å². The van der Waals surface area contributed by atoms with Gasteiger partial charge in [0.05, 0.1) is 0 Å². The Morgan fingerprint density at radius 2 is 2.33 bits per heavy atom. The number of carbonyl (C=O) groups is 2. The molecule has 1 aromatic carbocycles. The molecule has 1 aliphatic rings. The number of ether oxygens (including phenoxy) is 2. The molecule has 4 nitrogen and oxygen atoms in total. The van der Waals surface area contributed by atoms with E-state index in [9.17, 15) is 9.59 Å². The molecule has 0 atom stereocenters. The van der Waals surface area contributed by atoms with Crippen molar-refractivity contribution in [1.82, 2.24) is 0 Å². The van der Waals surface area contributed by atoms with Crippen molar-refractivity contribution in [2.24, 2.45) is 0 Å². The average Bonchev–Trinajstić information content (AvgIpc) is 2.61. The minimum absolute atomic E-state index is 0.222. The SMILES string of the molecule is C=CC(=O)Oc1cccc2c1C(=O)OC2. The lowest BCUT2D eigenvalue weighted by molar-refractivity contribution is -0.128. The summed E-state index contributed by atoms with van der Waals surface area (Å²) in [6.45, 7) is 3.51. The number of cyclic esters (lactones) is 1. The maximum atomic E-state index is 11.3. The van der Waals surface area contributed by atoms with Crippen LogP contribution in [0.4, 0.5) is 0 Å². The Morgan fingerprint density at radius 1 is 1.53 bits per heavy atom. The van der Waals surface area contributed by atoms with Crippen LogP contribution in [0.15, 0.2) is 30.9 Å². The number of rotatable bonds is 2. The summed E-state index contributed by atoms with van der Waals surface area (Å²) >= 11 is 0. The molecule has 0 saturated carbocycles. The van der Waals surface area contributed by atoms with Gasteiger partial charge in [-0.15, -0.1) is 0 Å². The Kier molecular flexibility index (Phi) is 2.25. The molecule has 0 unspecified atom stereocenters. The van der Waals surface area contributed by atoms with Crippen LogP contribution in [0.2, 0.25) is 0 Å². The van der Waals surface area contributed by atoms with Crippen LogP contribution in [-0.2, 0) is 16.1 Å². The second kappa shape index (κ2) is 3.57. The van der Waals surface area contributed by atoms with Gasteiger partial charge in [-0.3, -0.25) is 0 Å². The van der Waals surface area contributed by atoms with Gasteiger partial charge in [-0.1, -0.05) is 18.7 Å². The summed E-state index contributed by atoms with van der Waals surface area (Å²) in [6, 6.07) is 5.00. The topological polar surface area (TPSA) is 52.6 Å². The van der Waals surface area contributed by atoms with E-state index < -0.39 is 11.9 Å². The van der Waals surface area contributed by atoms with E-state index in [2.05, 4.69) is 6.58 Å². The van der Waals surface area contributed by atoms with E-state index in [1.807, 2.05) is 0 Å². The van der Waals surface area contributed by atoms with Gasteiger partial charge in [0, 0.05) is 11.6 Å². The Hall–Kier alpha value is -2.10. The molecule has 76 valence electrons. The molecule has 0 aliphatic carbocycles. The third-order valence-corrected chi connectivity index (χ3v) is 2.05. The zero-order valence-corrected chi connectivity index (χ0v) is 7.86. The van der Waals surface area contributed by atoms with Crippen molar-refractivity contribution in [3.05, 3.63) is 42.0 Å². The lowest BCUT2D eigenvalue weighted by Gasteiger charge is -2.03. The largest absolute Gasteiger partial charge is 0.457 e. The number of fused-ring (bicyclic) bond motifs is 1. The van der Waals surface area contributed by atoms with Gasteiger partial charge in [0.25, 0.3) is 0 Å². The van der Waals surface area contributed by atoms with Crippen LogP contribution in [-0.4, -0.2) is 11.9 Å². The van der Waals surface area contributed by atoms with Crippen molar-refractivity contribution in [3.63, 3.8) is 0 Å². The summed E-state index contributed by atoms with van der Waals surface area (Å²) in [7, 11) is 0. The standard InChI is InChI=1S/C11H8O4/c1-2-9(12)15-8-5-3-4-7-6-14-11(13)10(7)8/h2-5H,1,6H2. The Labute approximate surface area is 86.1 Å². The molecule has 1 heterocycles. The van der Waals surface area contributed by atoms with Gasteiger partial charge in [0.1, 0.15) is 17.9 Å². The van der Waals surface area contributed by atoms with E-state index in [0.717, 1.165) is 11.6 Å². The smallest absolute Gasteiger partial charge is 0.342 e. The minimum atomic E-state index is -0.594. The third kappa shape index (κ3) is 1.61. The molecule has 0 fully saturated rings. The van der Waals surface area contributed by atoms with Crippen LogP contribution < -0.4 is 4.74 Å². The number of esters is 2. The molecule has 4 heteroatoms. The first-order chi connectivity index (χ1) is 7.22. The normalized spacial score (nSPS) is 12.9. The fourth-order valence-corrected chi connectivity index (χ4v) is 1.38. The summed E-state index contributed by atoms with van der Waals surface area (Å²) in [5, 5.41) is 0. The van der Waals surface area contributed by atoms with Gasteiger partial charge in [-0.05, 0) is 6.07 Å². The molecular formula is C11H8O4. The molecule has 0 saturated heterocycles. The van der Waals surface area contributed by atoms with E-state index in [4.69, 9.17) is 9.47 Å². The molecule has 15 heavy (non-hydrogen) atoms. The van der Waals surface area contributed by atoms with E-state index >= 15 is 0 Å².